The summed E-state index contributed by atoms with van der Waals surface area (Å²) in [6, 6.07) is 5.82. The summed E-state index contributed by atoms with van der Waals surface area (Å²) in [6.07, 6.45) is 2.56. The van der Waals surface area contributed by atoms with Gasteiger partial charge in [0.25, 0.3) is 0 Å². The fourth-order valence-electron chi connectivity index (χ4n) is 0.604. The summed E-state index contributed by atoms with van der Waals surface area (Å²) in [5.41, 5.74) is 1.03. The summed E-state index contributed by atoms with van der Waals surface area (Å²) in [6.45, 7) is 0. The van der Waals surface area contributed by atoms with Crippen LogP contribution in [-0.4, -0.2) is 10.4 Å². The molecule has 1 nitrogen and oxygen atoms in total. The number of hydrogen-bond acceptors (Lipinski definition) is 2. The van der Waals surface area contributed by atoms with Crippen molar-refractivity contribution in [1.29, 1.82) is 0 Å². The molecule has 0 aromatic carbocycles. The standard InChI is InChI=1S/C7H7NS/c9-6-4-7-3-1-2-5-8-7/h1-3,5-6H,4H2. The summed E-state index contributed by atoms with van der Waals surface area (Å²) in [5.74, 6) is 0. The minimum atomic E-state index is 0.788. The van der Waals surface area contributed by atoms with Crippen LogP contribution in [0.1, 0.15) is 5.69 Å². The first-order valence-corrected chi connectivity index (χ1v) is 3.24. The van der Waals surface area contributed by atoms with Crippen molar-refractivity contribution in [1.82, 2.24) is 4.98 Å². The Morgan fingerprint density at radius 3 is 3.00 bits per heavy atom. The summed E-state index contributed by atoms with van der Waals surface area (Å²) in [4.78, 5) is 4.07. The Labute approximate surface area is 59.7 Å². The van der Waals surface area contributed by atoms with Gasteiger partial charge in [0.1, 0.15) is 0 Å². The summed E-state index contributed by atoms with van der Waals surface area (Å²) < 4.78 is 0. The molecule has 0 radical (unpaired) electrons. The highest BCUT2D eigenvalue weighted by Gasteiger charge is 1.84. The van der Waals surface area contributed by atoms with E-state index in [0.717, 1.165) is 12.1 Å². The normalized spacial score (nSPS) is 8.89. The molecule has 0 saturated heterocycles. The van der Waals surface area contributed by atoms with Crippen molar-refractivity contribution in [3.05, 3.63) is 30.1 Å². The highest BCUT2D eigenvalue weighted by Crippen LogP contribution is 1.91. The van der Waals surface area contributed by atoms with Gasteiger partial charge in [-0.05, 0) is 17.5 Å². The fourth-order valence-corrected chi connectivity index (χ4v) is 0.775. The van der Waals surface area contributed by atoms with Crippen LogP contribution < -0.4 is 0 Å². The van der Waals surface area contributed by atoms with E-state index >= 15 is 0 Å². The average Bonchev–Trinajstić information content (AvgIpc) is 1.91. The van der Waals surface area contributed by atoms with Gasteiger partial charge < -0.3 is 0 Å². The van der Waals surface area contributed by atoms with E-state index in [-0.39, 0.29) is 0 Å². The second kappa shape index (κ2) is 3.30. The van der Waals surface area contributed by atoms with Gasteiger partial charge in [-0.1, -0.05) is 18.3 Å². The van der Waals surface area contributed by atoms with Crippen LogP contribution in [-0.2, 0) is 6.42 Å². The summed E-state index contributed by atoms with van der Waals surface area (Å²) >= 11 is 4.67. The summed E-state index contributed by atoms with van der Waals surface area (Å²) in [7, 11) is 0. The van der Waals surface area contributed by atoms with E-state index < -0.39 is 0 Å². The monoisotopic (exact) mass is 137 g/mol. The molecule has 1 aromatic heterocycles. The Morgan fingerprint density at radius 2 is 2.44 bits per heavy atom. The number of nitrogens with zero attached hydrogens (tertiary/aromatic N) is 1. The van der Waals surface area contributed by atoms with Gasteiger partial charge in [-0.25, -0.2) is 0 Å². The van der Waals surface area contributed by atoms with Gasteiger partial charge in [0.15, 0.2) is 0 Å². The van der Waals surface area contributed by atoms with Gasteiger partial charge in [0.05, 0.1) is 0 Å². The SMILES string of the molecule is S=CCc1ccccn1. The molecule has 0 aliphatic rings. The summed E-state index contributed by atoms with van der Waals surface area (Å²) in [5, 5.41) is 1.68. The van der Waals surface area contributed by atoms with Crippen molar-refractivity contribution >= 4 is 17.6 Å². The molecule has 1 heterocycles. The second-order valence-electron chi connectivity index (χ2n) is 1.69. The van der Waals surface area contributed by atoms with Crippen LogP contribution in [0.2, 0.25) is 0 Å². The van der Waals surface area contributed by atoms with Crippen molar-refractivity contribution in [2.75, 3.05) is 0 Å². The number of thiocarbonyl (C=S) groups is 1. The van der Waals surface area contributed by atoms with Gasteiger partial charge >= 0.3 is 0 Å². The lowest BCUT2D eigenvalue weighted by molar-refractivity contribution is 1.16. The topological polar surface area (TPSA) is 12.9 Å². The smallest absolute Gasteiger partial charge is 0.0449 e. The van der Waals surface area contributed by atoms with Crippen molar-refractivity contribution in [2.45, 2.75) is 6.42 Å². The molecule has 0 aliphatic carbocycles. The van der Waals surface area contributed by atoms with E-state index in [1.54, 1.807) is 11.6 Å². The number of aromatic nitrogens is 1. The minimum absolute atomic E-state index is 0.788. The first-order valence-electron chi connectivity index (χ1n) is 2.77. The lowest BCUT2D eigenvalue weighted by Gasteiger charge is -1.89. The number of pyridine rings is 1. The van der Waals surface area contributed by atoms with Crippen molar-refractivity contribution < 1.29 is 0 Å². The van der Waals surface area contributed by atoms with E-state index in [1.165, 1.54) is 0 Å². The Bertz CT molecular complexity index is 183. The molecule has 1 rings (SSSR count). The third kappa shape index (κ3) is 1.90. The predicted octanol–water partition coefficient (Wildman–Crippen LogP) is 1.62. The Morgan fingerprint density at radius 1 is 1.56 bits per heavy atom. The van der Waals surface area contributed by atoms with E-state index in [2.05, 4.69) is 17.2 Å². The van der Waals surface area contributed by atoms with Crippen LogP contribution >= 0.6 is 12.2 Å². The molecular weight excluding hydrogens is 130 g/mol. The van der Waals surface area contributed by atoms with Crippen LogP contribution in [0.25, 0.3) is 0 Å². The molecule has 1 aromatic rings. The zero-order valence-electron chi connectivity index (χ0n) is 4.95. The van der Waals surface area contributed by atoms with Crippen molar-refractivity contribution in [3.63, 3.8) is 0 Å². The molecule has 0 aliphatic heterocycles. The van der Waals surface area contributed by atoms with Crippen LogP contribution in [0.4, 0.5) is 0 Å². The molecule has 0 amide bonds. The lowest BCUT2D eigenvalue weighted by atomic mass is 10.3. The highest BCUT2D eigenvalue weighted by atomic mass is 32.1. The number of hydrogen-bond donors (Lipinski definition) is 0. The van der Waals surface area contributed by atoms with E-state index in [4.69, 9.17) is 0 Å². The molecular formula is C7H7NS. The molecule has 2 heteroatoms. The molecule has 0 atom stereocenters. The molecule has 46 valence electrons. The highest BCUT2D eigenvalue weighted by molar-refractivity contribution is 7.78. The fraction of sp³-hybridized carbons (Fsp3) is 0.143. The molecule has 0 spiro atoms. The molecule has 0 bridgehead atoms. The average molecular weight is 137 g/mol. The Hall–Kier alpha value is -0.760. The van der Waals surface area contributed by atoms with Crippen molar-refractivity contribution in [3.8, 4) is 0 Å². The first kappa shape index (κ1) is 6.36. The van der Waals surface area contributed by atoms with E-state index in [0.29, 0.717) is 0 Å². The third-order valence-corrected chi connectivity index (χ3v) is 1.19. The second-order valence-corrected chi connectivity index (χ2v) is 2.03. The van der Waals surface area contributed by atoms with E-state index in [9.17, 15) is 0 Å². The zero-order valence-corrected chi connectivity index (χ0v) is 5.77. The molecule has 0 unspecified atom stereocenters. The maximum atomic E-state index is 4.67. The third-order valence-electron chi connectivity index (χ3n) is 1.02. The van der Waals surface area contributed by atoms with Crippen LogP contribution in [0, 0.1) is 0 Å². The Balaban J connectivity index is 2.72. The Kier molecular flexibility index (Phi) is 2.33. The first-order chi connectivity index (χ1) is 4.43. The molecule has 0 fully saturated rings. The van der Waals surface area contributed by atoms with Crippen LogP contribution in [0.5, 0.6) is 0 Å². The van der Waals surface area contributed by atoms with Crippen LogP contribution in [0.15, 0.2) is 24.4 Å². The largest absolute Gasteiger partial charge is 0.261 e. The van der Waals surface area contributed by atoms with Gasteiger partial charge in [-0.15, -0.1) is 0 Å². The van der Waals surface area contributed by atoms with Crippen molar-refractivity contribution in [2.24, 2.45) is 0 Å². The van der Waals surface area contributed by atoms with Gasteiger partial charge in [0.2, 0.25) is 0 Å². The van der Waals surface area contributed by atoms with Gasteiger partial charge in [-0.2, -0.15) is 0 Å². The molecule has 0 saturated carbocycles. The predicted molar refractivity (Wildman–Crippen MR) is 41.6 cm³/mol. The van der Waals surface area contributed by atoms with Gasteiger partial charge in [0, 0.05) is 18.3 Å². The molecule has 0 N–H and O–H groups in total. The molecule has 9 heavy (non-hydrogen) atoms. The lowest BCUT2D eigenvalue weighted by Crippen LogP contribution is -1.86. The minimum Gasteiger partial charge on any atom is -0.261 e. The zero-order chi connectivity index (χ0) is 6.53. The van der Waals surface area contributed by atoms with Crippen LogP contribution in [0.3, 0.4) is 0 Å². The number of rotatable bonds is 2. The quantitative estimate of drug-likeness (QED) is 0.574. The van der Waals surface area contributed by atoms with Gasteiger partial charge in [-0.3, -0.25) is 4.98 Å². The maximum absolute atomic E-state index is 4.67. The van der Waals surface area contributed by atoms with E-state index in [1.807, 2.05) is 18.2 Å². The maximum Gasteiger partial charge on any atom is 0.0449 e.